The first kappa shape index (κ1) is 20.9. The van der Waals surface area contributed by atoms with Crippen molar-refractivity contribution < 1.29 is 9.18 Å². The van der Waals surface area contributed by atoms with Crippen LogP contribution in [0.4, 0.5) is 10.2 Å². The number of pyridine rings is 1. The van der Waals surface area contributed by atoms with Gasteiger partial charge in [0.05, 0.1) is 17.8 Å². The predicted molar refractivity (Wildman–Crippen MR) is 118 cm³/mol. The molecule has 2 aromatic heterocycles. The van der Waals surface area contributed by atoms with Crippen LogP contribution in [0, 0.1) is 5.82 Å². The summed E-state index contributed by atoms with van der Waals surface area (Å²) in [6, 6.07) is 8.09. The van der Waals surface area contributed by atoms with Crippen LogP contribution in [-0.2, 0) is 7.05 Å². The Labute approximate surface area is 180 Å². The molecule has 1 atom stereocenters. The van der Waals surface area contributed by atoms with Gasteiger partial charge in [-0.3, -0.25) is 14.4 Å². The first-order valence-electron chi connectivity index (χ1n) is 10.3. The standard InChI is InChI=1S/C23H25FN6O/c1-15(2)16-8-10-26-22(12-16)30(18-5-4-9-25-13-18)23(31)19-7-6-17(11-20(19)24)21-14-29(3)28-27-21/h6-8,10-12,14,18,25H,1,4-5,9,13H2,2-3H3/t18-/m1/s1. The molecule has 8 heteroatoms. The van der Waals surface area contributed by atoms with Gasteiger partial charge in [0.15, 0.2) is 0 Å². The molecule has 4 rings (SSSR count). The van der Waals surface area contributed by atoms with Gasteiger partial charge < -0.3 is 5.32 Å². The highest BCUT2D eigenvalue weighted by Gasteiger charge is 2.30. The van der Waals surface area contributed by atoms with Crippen molar-refractivity contribution in [1.29, 1.82) is 0 Å². The highest BCUT2D eigenvalue weighted by atomic mass is 19.1. The molecule has 0 spiro atoms. The van der Waals surface area contributed by atoms with Crippen molar-refractivity contribution in [1.82, 2.24) is 25.3 Å². The second-order valence-electron chi connectivity index (χ2n) is 7.83. The molecule has 7 nitrogen and oxygen atoms in total. The molecule has 160 valence electrons. The Bertz CT molecular complexity index is 1120. The third-order valence-corrected chi connectivity index (χ3v) is 5.44. The zero-order valence-electron chi connectivity index (χ0n) is 17.7. The van der Waals surface area contributed by atoms with Gasteiger partial charge in [0.25, 0.3) is 5.91 Å². The Morgan fingerprint density at radius 2 is 2.16 bits per heavy atom. The van der Waals surface area contributed by atoms with Crippen LogP contribution in [0.2, 0.25) is 0 Å². The Morgan fingerprint density at radius 3 is 2.81 bits per heavy atom. The van der Waals surface area contributed by atoms with E-state index >= 15 is 4.39 Å². The van der Waals surface area contributed by atoms with Gasteiger partial charge in [0.1, 0.15) is 17.3 Å². The van der Waals surface area contributed by atoms with Gasteiger partial charge in [-0.2, -0.15) is 0 Å². The molecule has 1 amide bonds. The second-order valence-corrected chi connectivity index (χ2v) is 7.83. The molecule has 1 aromatic carbocycles. The molecular weight excluding hydrogens is 395 g/mol. The molecule has 0 aliphatic carbocycles. The number of carbonyl (C=O) groups excluding carboxylic acids is 1. The third kappa shape index (κ3) is 4.39. The number of allylic oxidation sites excluding steroid dienone is 1. The van der Waals surface area contributed by atoms with Crippen LogP contribution in [0.3, 0.4) is 0 Å². The normalized spacial score (nSPS) is 16.2. The SMILES string of the molecule is C=C(C)c1ccnc(N(C(=O)c2ccc(-c3cn(C)nn3)cc2F)[C@@H]2CCCNC2)c1. The molecule has 1 fully saturated rings. The number of aromatic nitrogens is 4. The first-order chi connectivity index (χ1) is 14.9. The Kier molecular flexibility index (Phi) is 5.90. The highest BCUT2D eigenvalue weighted by Crippen LogP contribution is 2.27. The molecule has 0 radical (unpaired) electrons. The number of aryl methyl sites for hydroxylation is 1. The molecule has 0 bridgehead atoms. The van der Waals surface area contributed by atoms with Crippen LogP contribution in [0.25, 0.3) is 16.8 Å². The van der Waals surface area contributed by atoms with E-state index in [1.807, 2.05) is 19.1 Å². The van der Waals surface area contributed by atoms with Crippen LogP contribution in [0.5, 0.6) is 0 Å². The van der Waals surface area contributed by atoms with Gasteiger partial charge in [-0.25, -0.2) is 9.37 Å². The molecule has 3 heterocycles. The van der Waals surface area contributed by atoms with E-state index in [4.69, 9.17) is 0 Å². The van der Waals surface area contributed by atoms with E-state index < -0.39 is 11.7 Å². The predicted octanol–water partition coefficient (Wildman–Crippen LogP) is 3.45. The van der Waals surface area contributed by atoms with E-state index in [1.165, 1.54) is 12.1 Å². The molecule has 3 aromatic rings. The average Bonchev–Trinajstić information content (AvgIpc) is 3.21. The fraction of sp³-hybridized carbons (Fsp3) is 0.304. The van der Waals surface area contributed by atoms with E-state index in [0.717, 1.165) is 30.5 Å². The van der Waals surface area contributed by atoms with Gasteiger partial charge >= 0.3 is 0 Å². The maximum atomic E-state index is 15.1. The summed E-state index contributed by atoms with van der Waals surface area (Å²) in [5, 5.41) is 11.2. The molecule has 1 aliphatic heterocycles. The van der Waals surface area contributed by atoms with Crippen molar-refractivity contribution in [3.63, 3.8) is 0 Å². The molecular formula is C23H25FN6O. The number of amides is 1. The average molecular weight is 420 g/mol. The zero-order chi connectivity index (χ0) is 22.0. The second kappa shape index (κ2) is 8.77. The van der Waals surface area contributed by atoms with Gasteiger partial charge in [-0.1, -0.05) is 23.4 Å². The van der Waals surface area contributed by atoms with E-state index in [0.29, 0.717) is 23.6 Å². The summed E-state index contributed by atoms with van der Waals surface area (Å²) in [6.45, 7) is 7.41. The summed E-state index contributed by atoms with van der Waals surface area (Å²) in [6.07, 6.45) is 5.10. The maximum absolute atomic E-state index is 15.1. The molecule has 1 aliphatic rings. The summed E-state index contributed by atoms with van der Waals surface area (Å²) < 4.78 is 16.6. The van der Waals surface area contributed by atoms with Crippen LogP contribution >= 0.6 is 0 Å². The minimum atomic E-state index is -0.599. The quantitative estimate of drug-likeness (QED) is 0.684. The number of carbonyl (C=O) groups is 1. The van der Waals surface area contributed by atoms with Gasteiger partial charge in [0.2, 0.25) is 0 Å². The number of piperidine rings is 1. The van der Waals surface area contributed by atoms with E-state index in [2.05, 4.69) is 27.2 Å². The fourth-order valence-corrected chi connectivity index (χ4v) is 3.78. The number of halogens is 1. The van der Waals surface area contributed by atoms with E-state index in [1.54, 1.807) is 35.1 Å². The van der Waals surface area contributed by atoms with Crippen molar-refractivity contribution in [3.05, 3.63) is 66.2 Å². The van der Waals surface area contributed by atoms with Crippen molar-refractivity contribution >= 4 is 17.3 Å². The molecule has 1 N–H and O–H groups in total. The van der Waals surface area contributed by atoms with Crippen LogP contribution < -0.4 is 10.2 Å². The summed E-state index contributed by atoms with van der Waals surface area (Å²) in [4.78, 5) is 19.6. The number of hydrogen-bond donors (Lipinski definition) is 1. The van der Waals surface area contributed by atoms with Crippen molar-refractivity contribution in [2.45, 2.75) is 25.8 Å². The minimum Gasteiger partial charge on any atom is -0.315 e. The highest BCUT2D eigenvalue weighted by molar-refractivity contribution is 6.06. The lowest BCUT2D eigenvalue weighted by Crippen LogP contribution is -2.49. The lowest BCUT2D eigenvalue weighted by Gasteiger charge is -2.34. The number of rotatable bonds is 5. The van der Waals surface area contributed by atoms with Crippen molar-refractivity contribution in [2.24, 2.45) is 7.05 Å². The Hall–Kier alpha value is -3.39. The topological polar surface area (TPSA) is 75.9 Å². The lowest BCUT2D eigenvalue weighted by molar-refractivity contribution is 0.0967. The number of benzene rings is 1. The third-order valence-electron chi connectivity index (χ3n) is 5.44. The van der Waals surface area contributed by atoms with Crippen LogP contribution in [0.1, 0.15) is 35.7 Å². The summed E-state index contributed by atoms with van der Waals surface area (Å²) in [7, 11) is 1.74. The number of hydrogen-bond acceptors (Lipinski definition) is 5. The first-order valence-corrected chi connectivity index (χ1v) is 10.3. The number of anilines is 1. The molecule has 31 heavy (non-hydrogen) atoms. The number of nitrogens with one attached hydrogen (secondary N) is 1. The molecule has 1 saturated heterocycles. The van der Waals surface area contributed by atoms with Crippen molar-refractivity contribution in [3.8, 4) is 11.3 Å². The largest absolute Gasteiger partial charge is 0.315 e. The molecule has 0 unspecified atom stereocenters. The van der Waals surface area contributed by atoms with E-state index in [9.17, 15) is 4.79 Å². The van der Waals surface area contributed by atoms with Crippen LogP contribution in [-0.4, -0.2) is 45.0 Å². The summed E-state index contributed by atoms with van der Waals surface area (Å²) >= 11 is 0. The Balaban J connectivity index is 1.72. The molecule has 0 saturated carbocycles. The Morgan fingerprint density at radius 1 is 1.32 bits per heavy atom. The van der Waals surface area contributed by atoms with Crippen LogP contribution in [0.15, 0.2) is 49.3 Å². The lowest BCUT2D eigenvalue weighted by atomic mass is 10.0. The monoisotopic (exact) mass is 420 g/mol. The summed E-state index contributed by atoms with van der Waals surface area (Å²) in [5.74, 6) is -0.516. The minimum absolute atomic E-state index is 0.000687. The summed E-state index contributed by atoms with van der Waals surface area (Å²) in [5.41, 5.74) is 2.88. The van der Waals surface area contributed by atoms with Gasteiger partial charge in [0, 0.05) is 25.4 Å². The number of nitrogens with zero attached hydrogens (tertiary/aromatic N) is 5. The smallest absolute Gasteiger partial charge is 0.262 e. The van der Waals surface area contributed by atoms with Crippen molar-refractivity contribution in [2.75, 3.05) is 18.0 Å². The van der Waals surface area contributed by atoms with E-state index in [-0.39, 0.29) is 11.6 Å². The fourth-order valence-electron chi connectivity index (χ4n) is 3.78. The van der Waals surface area contributed by atoms with Gasteiger partial charge in [-0.15, -0.1) is 5.10 Å². The maximum Gasteiger partial charge on any atom is 0.262 e. The zero-order valence-corrected chi connectivity index (χ0v) is 17.7. The van der Waals surface area contributed by atoms with Gasteiger partial charge in [-0.05, 0) is 56.1 Å².